The van der Waals surface area contributed by atoms with E-state index in [1.807, 2.05) is 0 Å². The fraction of sp³-hybridized carbons (Fsp3) is 0.600. The van der Waals surface area contributed by atoms with Crippen molar-refractivity contribution in [2.45, 2.75) is 24.9 Å². The number of rotatable bonds is 9. The van der Waals surface area contributed by atoms with Gasteiger partial charge >= 0.3 is 50.6 Å². The van der Waals surface area contributed by atoms with Crippen molar-refractivity contribution in [3.63, 3.8) is 0 Å². The molecule has 0 unspecified atom stereocenters. The predicted molar refractivity (Wildman–Crippen MR) is 99.0 cm³/mol. The fourth-order valence-corrected chi connectivity index (χ4v) is 1.41. The van der Waals surface area contributed by atoms with Gasteiger partial charge in [-0.1, -0.05) is 0 Å². The van der Waals surface area contributed by atoms with E-state index in [0.29, 0.717) is 0 Å². The third-order valence-electron chi connectivity index (χ3n) is 2.25. The molecule has 0 aliphatic carbocycles. The molecule has 0 aromatic rings. The summed E-state index contributed by atoms with van der Waals surface area (Å²) in [5.74, 6) is -3.70. The molecule has 0 saturated heterocycles. The Bertz CT molecular complexity index is 580. The molecule has 148 valence electrons. The Morgan fingerprint density at radius 3 is 1.96 bits per heavy atom. The van der Waals surface area contributed by atoms with Crippen LogP contribution in [0.3, 0.4) is 0 Å². The minimum atomic E-state index is -3.97. The van der Waals surface area contributed by atoms with Gasteiger partial charge in [0.1, 0.15) is 18.6 Å². The molecule has 16 heteroatoms. The molecule has 12 nitrogen and oxygen atoms in total. The minimum absolute atomic E-state index is 0. The van der Waals surface area contributed by atoms with E-state index in [4.69, 9.17) is 28.9 Å². The Morgan fingerprint density at radius 1 is 1.15 bits per heavy atom. The quantitative estimate of drug-likeness (QED) is 0.0773. The Morgan fingerprint density at radius 2 is 1.62 bits per heavy atom. The van der Waals surface area contributed by atoms with Crippen LogP contribution in [0.15, 0.2) is 0 Å². The molecule has 0 spiro atoms. The van der Waals surface area contributed by atoms with Gasteiger partial charge in [0.15, 0.2) is 0 Å². The first kappa shape index (κ1) is 30.2. The number of nitrogens with one attached hydrogen (secondary N) is 2. The van der Waals surface area contributed by atoms with E-state index in [2.05, 4.69) is 34.9 Å². The van der Waals surface area contributed by atoms with Crippen LogP contribution in [0.2, 0.25) is 0 Å². The average Bonchev–Trinajstić information content (AvgIpc) is 2.45. The van der Waals surface area contributed by atoms with E-state index in [1.165, 1.54) is 0 Å². The summed E-state index contributed by atoms with van der Waals surface area (Å²) in [6, 6.07) is -2.15. The van der Waals surface area contributed by atoms with Crippen LogP contribution in [-0.4, -0.2) is 101 Å². The van der Waals surface area contributed by atoms with Gasteiger partial charge in [0.25, 0.3) is 0 Å². The van der Waals surface area contributed by atoms with Gasteiger partial charge in [0, 0.05) is 12.2 Å². The third-order valence-corrected chi connectivity index (χ3v) is 2.61. The Hall–Kier alpha value is -0.550. The summed E-state index contributed by atoms with van der Waals surface area (Å²) in [5.41, 5.74) is 5.23. The fourth-order valence-electron chi connectivity index (χ4n) is 1.16. The van der Waals surface area contributed by atoms with Crippen molar-refractivity contribution >= 4 is 86.7 Å². The number of carbonyl (C=O) groups excluding carboxylic acids is 2. The molecule has 0 rings (SSSR count). The SMILES string of the molecule is N[C@@H](CCC(=O)N[C@@H](CS)C(=O)NCC(=O)O)C(=O)O.O=S(=O)(O)S.[NaH]. The zero-order chi connectivity index (χ0) is 20.2. The normalized spacial score (nSPS) is 12.3. The number of hydrogen-bond acceptors (Lipinski definition) is 8. The van der Waals surface area contributed by atoms with Crippen LogP contribution in [0.1, 0.15) is 12.8 Å². The van der Waals surface area contributed by atoms with E-state index in [9.17, 15) is 19.2 Å². The van der Waals surface area contributed by atoms with Crippen LogP contribution < -0.4 is 16.4 Å². The zero-order valence-electron chi connectivity index (χ0n) is 12.7. The second-order valence-electron chi connectivity index (χ2n) is 4.35. The van der Waals surface area contributed by atoms with E-state index in [1.54, 1.807) is 0 Å². The van der Waals surface area contributed by atoms with Crippen molar-refractivity contribution in [2.75, 3.05) is 12.3 Å². The third kappa shape index (κ3) is 21.5. The molecular weight excluding hydrogens is 425 g/mol. The van der Waals surface area contributed by atoms with E-state index < -0.39 is 51.5 Å². The molecular formula is C10H20N3NaO9S3. The first-order valence-electron chi connectivity index (χ1n) is 6.35. The number of amides is 2. The number of carboxylic acid groups (broad SMARTS) is 2. The van der Waals surface area contributed by atoms with Crippen molar-refractivity contribution in [2.24, 2.45) is 5.73 Å². The summed E-state index contributed by atoms with van der Waals surface area (Å²) < 4.78 is 25.5. The summed E-state index contributed by atoms with van der Waals surface area (Å²) >= 11 is 6.52. The molecule has 0 aliphatic rings. The number of hydrogen-bond donors (Lipinski definition) is 8. The molecule has 0 radical (unpaired) electrons. The average molecular weight is 445 g/mol. The van der Waals surface area contributed by atoms with Gasteiger partial charge in [0.05, 0.1) is 0 Å². The zero-order valence-corrected chi connectivity index (χ0v) is 15.3. The van der Waals surface area contributed by atoms with Crippen LogP contribution in [0, 0.1) is 0 Å². The number of thiol groups is 2. The van der Waals surface area contributed by atoms with Gasteiger partial charge in [-0.05, 0) is 18.1 Å². The van der Waals surface area contributed by atoms with Gasteiger partial charge in [-0.15, -0.1) is 0 Å². The second-order valence-corrected chi connectivity index (χ2v) is 6.99. The van der Waals surface area contributed by atoms with Crippen molar-refractivity contribution < 1.29 is 42.4 Å². The molecule has 26 heavy (non-hydrogen) atoms. The summed E-state index contributed by atoms with van der Waals surface area (Å²) in [5, 5.41) is 21.4. The predicted octanol–water partition coefficient (Wildman–Crippen LogP) is -3.14. The molecule has 0 heterocycles. The maximum absolute atomic E-state index is 11.5. The van der Waals surface area contributed by atoms with Gasteiger partial charge < -0.3 is 26.6 Å². The molecule has 2 amide bonds. The Kier molecular flexibility index (Phi) is 18.0. The van der Waals surface area contributed by atoms with Crippen LogP contribution in [0.4, 0.5) is 0 Å². The van der Waals surface area contributed by atoms with Crippen molar-refractivity contribution in [3.05, 3.63) is 0 Å². The summed E-state index contributed by atoms with van der Waals surface area (Å²) in [4.78, 5) is 43.7. The van der Waals surface area contributed by atoms with E-state index >= 15 is 0 Å². The first-order chi connectivity index (χ1) is 11.3. The van der Waals surface area contributed by atoms with Crippen molar-refractivity contribution in [1.29, 1.82) is 0 Å². The molecule has 7 N–H and O–H groups in total. The van der Waals surface area contributed by atoms with E-state index in [0.717, 1.165) is 0 Å². The number of carbonyl (C=O) groups is 4. The van der Waals surface area contributed by atoms with Crippen LogP contribution in [0.25, 0.3) is 0 Å². The monoisotopic (exact) mass is 445 g/mol. The molecule has 0 bridgehead atoms. The van der Waals surface area contributed by atoms with Crippen LogP contribution >= 0.6 is 24.3 Å². The second kappa shape index (κ2) is 15.5. The topological polar surface area (TPSA) is 213 Å². The molecule has 0 aliphatic heterocycles. The summed E-state index contributed by atoms with van der Waals surface area (Å²) in [6.45, 7) is -0.567. The maximum atomic E-state index is 11.5. The van der Waals surface area contributed by atoms with Crippen molar-refractivity contribution in [1.82, 2.24) is 10.6 Å². The number of nitrogens with two attached hydrogens (primary N) is 1. The molecule has 0 saturated carbocycles. The summed E-state index contributed by atoms with van der Waals surface area (Å²) in [6.07, 6.45) is -0.235. The molecule has 0 aromatic heterocycles. The van der Waals surface area contributed by atoms with Gasteiger partial charge in [-0.3, -0.25) is 23.7 Å². The van der Waals surface area contributed by atoms with Crippen molar-refractivity contribution in [3.8, 4) is 0 Å². The van der Waals surface area contributed by atoms with Crippen LogP contribution in [-0.2, 0) is 28.3 Å². The number of carboxylic acids is 2. The Balaban J connectivity index is -0.000000772. The molecule has 0 aromatic carbocycles. The van der Waals surface area contributed by atoms with Gasteiger partial charge in [-0.2, -0.15) is 21.0 Å². The van der Waals surface area contributed by atoms with Crippen LogP contribution in [0.5, 0.6) is 0 Å². The Labute approximate surface area is 181 Å². The summed E-state index contributed by atoms with van der Waals surface area (Å²) in [7, 11) is -3.97. The first-order valence-corrected chi connectivity index (χ1v) is 9.48. The van der Waals surface area contributed by atoms with E-state index in [-0.39, 0.29) is 48.2 Å². The standard InChI is InChI=1S/C10H17N3O6S.Na.H2O3S2.H/c11-5(10(18)19)1-2-7(14)13-6(4-20)9(17)12-3-8(15)16;;1-5(2,3)4;/h5-6,20H,1-4,11H2,(H,12,17)(H,13,14)(H,15,16)(H,18,19);;(H2,1,2,3,4);/t5-,6-;;;/m0.../s1. The van der Waals surface area contributed by atoms with Gasteiger partial charge in [-0.25, -0.2) is 0 Å². The molecule has 0 fully saturated rings. The van der Waals surface area contributed by atoms with Gasteiger partial charge in [0.2, 0.25) is 11.8 Å². The molecule has 2 atom stereocenters. The number of aliphatic carboxylic acids is 2.